The number of rotatable bonds is 6. The van der Waals surface area contributed by atoms with Crippen LogP contribution in [0.4, 0.5) is 30.8 Å². The molecule has 0 unspecified atom stereocenters. The van der Waals surface area contributed by atoms with Crippen molar-refractivity contribution >= 4 is 28.5 Å². The Balaban J connectivity index is 1.40. The van der Waals surface area contributed by atoms with Gasteiger partial charge >= 0.3 is 6.18 Å². The number of hydrogen-bond acceptors (Lipinski definition) is 5. The Morgan fingerprint density at radius 2 is 1.93 bits per heavy atom. The van der Waals surface area contributed by atoms with Crippen molar-refractivity contribution in [3.8, 4) is 0 Å². The molecule has 7 nitrogen and oxygen atoms in total. The van der Waals surface area contributed by atoms with Crippen LogP contribution in [0.5, 0.6) is 0 Å². The van der Waals surface area contributed by atoms with E-state index in [0.29, 0.717) is 11.7 Å². The summed E-state index contributed by atoms with van der Waals surface area (Å²) in [6, 6.07) is 10.3. The van der Waals surface area contributed by atoms with Crippen LogP contribution in [0.2, 0.25) is 0 Å². The lowest BCUT2D eigenvalue weighted by Gasteiger charge is -2.12. The maximum atomic E-state index is 13.4. The Bertz CT molecular complexity index is 1190. The molecule has 0 aliphatic heterocycles. The van der Waals surface area contributed by atoms with Crippen LogP contribution in [-0.2, 0) is 12.7 Å². The molecule has 0 amide bonds. The lowest BCUT2D eigenvalue weighted by atomic mass is 10.1. The van der Waals surface area contributed by atoms with Gasteiger partial charge in [0.2, 0.25) is 5.95 Å². The molecule has 0 radical (unpaired) electrons. The molecule has 1 fully saturated rings. The van der Waals surface area contributed by atoms with E-state index in [4.69, 9.17) is 0 Å². The largest absolute Gasteiger partial charge is 0.433 e. The molecule has 0 spiro atoms. The van der Waals surface area contributed by atoms with Gasteiger partial charge in [-0.15, -0.1) is 0 Å². The number of fused-ring (bicyclic) bond motifs is 1. The Kier molecular flexibility index (Phi) is 4.34. The van der Waals surface area contributed by atoms with Crippen LogP contribution in [0, 0.1) is 0 Å². The first-order valence-electron chi connectivity index (χ1n) is 9.53. The molecule has 1 aliphatic carbocycles. The molecule has 1 saturated carbocycles. The first-order chi connectivity index (χ1) is 14.5. The van der Waals surface area contributed by atoms with E-state index < -0.39 is 11.9 Å². The second-order valence-electron chi connectivity index (χ2n) is 7.28. The number of halogens is 3. The highest BCUT2D eigenvalue weighted by Crippen LogP contribution is 2.39. The predicted octanol–water partition coefficient (Wildman–Crippen LogP) is 4.93. The number of hydrogen-bond donors (Lipinski definition) is 4. The van der Waals surface area contributed by atoms with Crippen molar-refractivity contribution in [2.75, 3.05) is 10.6 Å². The van der Waals surface area contributed by atoms with Crippen molar-refractivity contribution in [3.63, 3.8) is 0 Å². The van der Waals surface area contributed by atoms with E-state index in [0.717, 1.165) is 41.1 Å². The van der Waals surface area contributed by atoms with Crippen LogP contribution in [0.25, 0.3) is 10.9 Å². The highest BCUT2D eigenvalue weighted by atomic mass is 19.4. The first-order valence-corrected chi connectivity index (χ1v) is 9.53. The lowest BCUT2D eigenvalue weighted by Crippen LogP contribution is -2.13. The van der Waals surface area contributed by atoms with Gasteiger partial charge in [0.25, 0.3) is 0 Å². The van der Waals surface area contributed by atoms with Gasteiger partial charge in [0.05, 0.1) is 0 Å². The zero-order chi connectivity index (χ0) is 20.7. The second kappa shape index (κ2) is 7.05. The van der Waals surface area contributed by atoms with Crippen LogP contribution >= 0.6 is 0 Å². The topological polar surface area (TPSA) is 94.3 Å². The molecule has 4 N–H and O–H groups in total. The Morgan fingerprint density at radius 1 is 1.07 bits per heavy atom. The highest BCUT2D eigenvalue weighted by molar-refractivity contribution is 5.83. The fourth-order valence-corrected chi connectivity index (χ4v) is 3.35. The van der Waals surface area contributed by atoms with E-state index in [-0.39, 0.29) is 18.3 Å². The molecule has 0 saturated heterocycles. The molecular formula is C20H18F3N7. The maximum Gasteiger partial charge on any atom is 0.433 e. The van der Waals surface area contributed by atoms with Gasteiger partial charge in [0.15, 0.2) is 11.5 Å². The summed E-state index contributed by atoms with van der Waals surface area (Å²) < 4.78 is 40.1. The summed E-state index contributed by atoms with van der Waals surface area (Å²) in [5.41, 5.74) is 1.82. The SMILES string of the molecule is FC(F)(F)c1cc(Nc2cc(C3CC3)[nH]n2)nc(NCc2cccc3[nH]ccc23)n1. The predicted molar refractivity (Wildman–Crippen MR) is 107 cm³/mol. The van der Waals surface area contributed by atoms with Crippen LogP contribution in [0.3, 0.4) is 0 Å². The van der Waals surface area contributed by atoms with Crippen molar-refractivity contribution in [2.24, 2.45) is 0 Å². The van der Waals surface area contributed by atoms with Gasteiger partial charge in [-0.3, -0.25) is 5.10 Å². The number of H-pyrrole nitrogens is 2. The third-order valence-corrected chi connectivity index (χ3v) is 5.01. The van der Waals surface area contributed by atoms with E-state index in [1.807, 2.05) is 30.5 Å². The summed E-state index contributed by atoms with van der Waals surface area (Å²) in [4.78, 5) is 11.0. The molecule has 154 valence electrons. The van der Waals surface area contributed by atoms with Crippen LogP contribution in [0.1, 0.15) is 35.7 Å². The molecule has 0 atom stereocenters. The Labute approximate surface area is 169 Å². The summed E-state index contributed by atoms with van der Waals surface area (Å²) in [6.07, 6.45) is -0.595. The van der Waals surface area contributed by atoms with Crippen molar-refractivity contribution < 1.29 is 13.2 Å². The summed E-state index contributed by atoms with van der Waals surface area (Å²) in [5.74, 6) is 0.788. The van der Waals surface area contributed by atoms with Gasteiger partial charge in [0, 0.05) is 47.4 Å². The van der Waals surface area contributed by atoms with Gasteiger partial charge in [-0.2, -0.15) is 23.3 Å². The van der Waals surface area contributed by atoms with Crippen LogP contribution < -0.4 is 10.6 Å². The molecule has 3 heterocycles. The van der Waals surface area contributed by atoms with Gasteiger partial charge in [-0.1, -0.05) is 12.1 Å². The summed E-state index contributed by atoms with van der Waals surface area (Å²) in [7, 11) is 0. The molecule has 4 aromatic rings. The van der Waals surface area contributed by atoms with Crippen LogP contribution in [-0.4, -0.2) is 25.1 Å². The Hall–Kier alpha value is -3.56. The van der Waals surface area contributed by atoms with Crippen molar-refractivity contribution in [3.05, 3.63) is 59.5 Å². The molecule has 30 heavy (non-hydrogen) atoms. The molecule has 1 aliphatic rings. The van der Waals surface area contributed by atoms with E-state index in [9.17, 15) is 13.2 Å². The smallest absolute Gasteiger partial charge is 0.361 e. The van der Waals surface area contributed by atoms with Crippen molar-refractivity contribution in [1.29, 1.82) is 0 Å². The molecular weight excluding hydrogens is 395 g/mol. The number of aromatic nitrogens is 5. The molecule has 0 bridgehead atoms. The monoisotopic (exact) mass is 413 g/mol. The number of nitrogens with zero attached hydrogens (tertiary/aromatic N) is 3. The normalized spacial score (nSPS) is 14.2. The van der Waals surface area contributed by atoms with Gasteiger partial charge in [0.1, 0.15) is 5.82 Å². The highest BCUT2D eigenvalue weighted by Gasteiger charge is 2.34. The van der Waals surface area contributed by atoms with Crippen molar-refractivity contribution in [1.82, 2.24) is 25.1 Å². The van der Waals surface area contributed by atoms with Crippen molar-refractivity contribution in [2.45, 2.75) is 31.5 Å². The second-order valence-corrected chi connectivity index (χ2v) is 7.28. The zero-order valence-corrected chi connectivity index (χ0v) is 15.7. The van der Waals surface area contributed by atoms with Gasteiger partial charge in [-0.05, 0) is 30.5 Å². The fourth-order valence-electron chi connectivity index (χ4n) is 3.35. The molecule has 1 aromatic carbocycles. The minimum Gasteiger partial charge on any atom is -0.361 e. The third-order valence-electron chi connectivity index (χ3n) is 5.01. The van der Waals surface area contributed by atoms with Gasteiger partial charge < -0.3 is 15.6 Å². The quantitative estimate of drug-likeness (QED) is 0.360. The standard InChI is InChI=1S/C20H18F3N7/c21-20(22,23)16-9-17(27-18-8-15(29-30-18)11-4-5-11)28-19(26-16)25-10-12-2-1-3-14-13(12)6-7-24-14/h1-3,6-9,11,24H,4-5,10H2,(H3,25,26,27,28,29,30). The molecule has 3 aromatic heterocycles. The zero-order valence-electron chi connectivity index (χ0n) is 15.7. The average molecular weight is 413 g/mol. The number of aromatic amines is 2. The third kappa shape index (κ3) is 3.80. The fraction of sp³-hybridized carbons (Fsp3) is 0.250. The molecule has 5 rings (SSSR count). The summed E-state index contributed by atoms with van der Waals surface area (Å²) in [6.45, 7) is 0.282. The Morgan fingerprint density at radius 3 is 2.73 bits per heavy atom. The first kappa shape index (κ1) is 18.5. The number of anilines is 3. The van der Waals surface area contributed by atoms with E-state index >= 15 is 0 Å². The van der Waals surface area contributed by atoms with E-state index in [2.05, 4.69) is 35.8 Å². The lowest BCUT2D eigenvalue weighted by molar-refractivity contribution is -0.141. The van der Waals surface area contributed by atoms with E-state index in [1.165, 1.54) is 0 Å². The maximum absolute atomic E-state index is 13.4. The minimum absolute atomic E-state index is 0.0218. The van der Waals surface area contributed by atoms with E-state index in [1.54, 1.807) is 6.07 Å². The average Bonchev–Trinajstić information content (AvgIpc) is 3.26. The number of alkyl halides is 3. The van der Waals surface area contributed by atoms with Crippen LogP contribution in [0.15, 0.2) is 42.6 Å². The summed E-state index contributed by atoms with van der Waals surface area (Å²) in [5, 5.41) is 13.8. The number of benzene rings is 1. The summed E-state index contributed by atoms with van der Waals surface area (Å²) >= 11 is 0. The van der Waals surface area contributed by atoms with Gasteiger partial charge in [-0.25, -0.2) is 4.98 Å². The minimum atomic E-state index is -4.60. The number of nitrogens with one attached hydrogen (secondary N) is 4. The molecule has 10 heteroatoms.